The molecule has 3 rings (SSSR count). The Labute approximate surface area is 178 Å². The molecule has 10 heteroatoms. The summed E-state index contributed by atoms with van der Waals surface area (Å²) in [7, 11) is 0. The maximum atomic E-state index is 12.2. The Balaban J connectivity index is 1.32. The van der Waals surface area contributed by atoms with Crippen molar-refractivity contribution >= 4 is 40.4 Å². The predicted octanol–water partition coefficient (Wildman–Crippen LogP) is 2.56. The summed E-state index contributed by atoms with van der Waals surface area (Å²) >= 11 is 7.02. The molecule has 8 nitrogen and oxygen atoms in total. The topological polar surface area (TPSA) is 96.5 Å². The Hall–Kier alpha value is -2.07. The van der Waals surface area contributed by atoms with Gasteiger partial charge in [0.1, 0.15) is 18.2 Å². The van der Waals surface area contributed by atoms with Gasteiger partial charge in [-0.3, -0.25) is 9.59 Å². The first-order chi connectivity index (χ1) is 14.1. The Bertz CT molecular complexity index is 826. The van der Waals surface area contributed by atoms with Crippen LogP contribution in [0, 0.1) is 0 Å². The van der Waals surface area contributed by atoms with Crippen molar-refractivity contribution in [3.63, 3.8) is 0 Å². The molecule has 0 unspecified atom stereocenters. The Morgan fingerprint density at radius 3 is 2.86 bits per heavy atom. The van der Waals surface area contributed by atoms with Crippen molar-refractivity contribution < 1.29 is 14.3 Å². The summed E-state index contributed by atoms with van der Waals surface area (Å²) in [5.41, 5.74) is 0.580. The minimum Gasteiger partial charge on any atom is -0.364 e. The van der Waals surface area contributed by atoms with Gasteiger partial charge in [-0.05, 0) is 57.1 Å². The molecule has 2 N–H and O–H groups in total. The van der Waals surface area contributed by atoms with Gasteiger partial charge in [0.2, 0.25) is 10.9 Å². The minimum absolute atomic E-state index is 0.0483. The molecule has 156 valence electrons. The van der Waals surface area contributed by atoms with Gasteiger partial charge in [0.15, 0.2) is 0 Å². The first-order valence-corrected chi connectivity index (χ1v) is 10.8. The second-order valence-corrected chi connectivity index (χ2v) is 8.21. The monoisotopic (exact) mass is 437 g/mol. The number of anilines is 1. The Morgan fingerprint density at radius 1 is 1.24 bits per heavy atom. The van der Waals surface area contributed by atoms with E-state index in [4.69, 9.17) is 16.3 Å². The molecule has 2 aromatic rings. The standard InChI is InChI=1S/C19H24ClN5O3S/c20-14-5-3-6-15(11-14)22-18(27)19-24-23-17(29-19)13-28-12-16(26)21-7-4-10-25-8-1-2-9-25/h3,5-6,11H,1-2,4,7-10,12-13H2,(H,21,26)(H,22,27). The molecule has 29 heavy (non-hydrogen) atoms. The second-order valence-electron chi connectivity index (χ2n) is 6.71. The van der Waals surface area contributed by atoms with Crippen molar-refractivity contribution in [3.8, 4) is 0 Å². The fourth-order valence-electron chi connectivity index (χ4n) is 2.97. The Morgan fingerprint density at radius 2 is 2.07 bits per heavy atom. The fourth-order valence-corrected chi connectivity index (χ4v) is 3.84. The van der Waals surface area contributed by atoms with Crippen LogP contribution in [0.4, 0.5) is 5.69 Å². The zero-order chi connectivity index (χ0) is 20.5. The number of aromatic nitrogens is 2. The molecule has 0 atom stereocenters. The van der Waals surface area contributed by atoms with E-state index < -0.39 is 0 Å². The van der Waals surface area contributed by atoms with Gasteiger partial charge in [-0.15, -0.1) is 10.2 Å². The van der Waals surface area contributed by atoms with Gasteiger partial charge in [0.25, 0.3) is 5.91 Å². The van der Waals surface area contributed by atoms with Crippen molar-refractivity contribution in [1.82, 2.24) is 20.4 Å². The number of ether oxygens (including phenoxy) is 1. The van der Waals surface area contributed by atoms with Crippen LogP contribution in [-0.4, -0.2) is 59.7 Å². The largest absolute Gasteiger partial charge is 0.364 e. The van der Waals surface area contributed by atoms with E-state index in [1.165, 1.54) is 12.8 Å². The van der Waals surface area contributed by atoms with E-state index in [0.29, 0.717) is 22.3 Å². The molecule has 2 heterocycles. The van der Waals surface area contributed by atoms with Crippen LogP contribution in [0.3, 0.4) is 0 Å². The molecule has 0 bridgehead atoms. The highest BCUT2D eigenvalue weighted by Gasteiger charge is 2.14. The molecule has 0 aliphatic carbocycles. The highest BCUT2D eigenvalue weighted by molar-refractivity contribution is 7.13. The first kappa shape index (κ1) is 21.6. The number of hydrogen-bond donors (Lipinski definition) is 2. The third-order valence-corrected chi connectivity index (χ3v) is 5.50. The molecule has 1 aliphatic heterocycles. The lowest BCUT2D eigenvalue weighted by atomic mass is 10.3. The molecule has 1 saturated heterocycles. The molecule has 1 fully saturated rings. The van der Waals surface area contributed by atoms with Crippen LogP contribution in [0.5, 0.6) is 0 Å². The zero-order valence-electron chi connectivity index (χ0n) is 16.0. The van der Waals surface area contributed by atoms with Crippen LogP contribution in [0.1, 0.15) is 34.1 Å². The molecule has 1 aromatic carbocycles. The van der Waals surface area contributed by atoms with Crippen molar-refractivity contribution in [2.24, 2.45) is 0 Å². The number of amides is 2. The van der Waals surface area contributed by atoms with E-state index in [1.807, 2.05) is 0 Å². The normalized spacial score (nSPS) is 14.1. The van der Waals surface area contributed by atoms with Gasteiger partial charge < -0.3 is 20.3 Å². The van der Waals surface area contributed by atoms with E-state index in [9.17, 15) is 9.59 Å². The van der Waals surface area contributed by atoms with Crippen molar-refractivity contribution in [1.29, 1.82) is 0 Å². The number of benzene rings is 1. The van der Waals surface area contributed by atoms with Gasteiger partial charge in [-0.1, -0.05) is 29.0 Å². The van der Waals surface area contributed by atoms with E-state index >= 15 is 0 Å². The number of hydrogen-bond acceptors (Lipinski definition) is 7. The number of carbonyl (C=O) groups is 2. The van der Waals surface area contributed by atoms with Gasteiger partial charge in [-0.25, -0.2) is 0 Å². The molecule has 0 radical (unpaired) electrons. The molecule has 0 spiro atoms. The average Bonchev–Trinajstić information content (AvgIpc) is 3.37. The van der Waals surface area contributed by atoms with Crippen molar-refractivity contribution in [2.45, 2.75) is 25.9 Å². The summed E-state index contributed by atoms with van der Waals surface area (Å²) in [5, 5.41) is 14.6. The van der Waals surface area contributed by atoms with Crippen LogP contribution < -0.4 is 10.6 Å². The molecule has 0 saturated carbocycles. The lowest BCUT2D eigenvalue weighted by molar-refractivity contribution is -0.126. The van der Waals surface area contributed by atoms with Gasteiger partial charge in [0.05, 0.1) is 0 Å². The zero-order valence-corrected chi connectivity index (χ0v) is 17.6. The van der Waals surface area contributed by atoms with E-state index in [-0.39, 0.29) is 30.0 Å². The SMILES string of the molecule is O=C(COCc1nnc(C(=O)Nc2cccc(Cl)c2)s1)NCCCN1CCCC1. The lowest BCUT2D eigenvalue weighted by Crippen LogP contribution is -2.31. The predicted molar refractivity (Wildman–Crippen MR) is 112 cm³/mol. The summed E-state index contributed by atoms with van der Waals surface area (Å²) in [6.45, 7) is 4.07. The van der Waals surface area contributed by atoms with Crippen LogP contribution >= 0.6 is 22.9 Å². The maximum absolute atomic E-state index is 12.2. The summed E-state index contributed by atoms with van der Waals surface area (Å²) < 4.78 is 5.38. The maximum Gasteiger partial charge on any atom is 0.286 e. The highest BCUT2D eigenvalue weighted by Crippen LogP contribution is 2.17. The summed E-state index contributed by atoms with van der Waals surface area (Å²) in [6, 6.07) is 6.85. The second kappa shape index (κ2) is 11.2. The smallest absolute Gasteiger partial charge is 0.286 e. The van der Waals surface area contributed by atoms with Crippen LogP contribution in [0.15, 0.2) is 24.3 Å². The number of nitrogens with one attached hydrogen (secondary N) is 2. The van der Waals surface area contributed by atoms with E-state index in [0.717, 1.165) is 37.4 Å². The molecule has 2 amide bonds. The fraction of sp³-hybridized carbons (Fsp3) is 0.474. The average molecular weight is 438 g/mol. The number of nitrogens with zero attached hydrogens (tertiary/aromatic N) is 3. The minimum atomic E-state index is -0.369. The Kier molecular flexibility index (Phi) is 8.36. The van der Waals surface area contributed by atoms with Crippen LogP contribution in [0.25, 0.3) is 0 Å². The molecular weight excluding hydrogens is 414 g/mol. The highest BCUT2D eigenvalue weighted by atomic mass is 35.5. The van der Waals surface area contributed by atoms with Gasteiger partial charge >= 0.3 is 0 Å². The van der Waals surface area contributed by atoms with E-state index in [2.05, 4.69) is 25.7 Å². The molecular formula is C19H24ClN5O3S. The van der Waals surface area contributed by atoms with Crippen molar-refractivity contribution in [3.05, 3.63) is 39.3 Å². The van der Waals surface area contributed by atoms with Crippen molar-refractivity contribution in [2.75, 3.05) is 38.1 Å². The number of carbonyl (C=O) groups excluding carboxylic acids is 2. The number of rotatable bonds is 10. The summed E-state index contributed by atoms with van der Waals surface area (Å²) in [4.78, 5) is 26.4. The van der Waals surface area contributed by atoms with Gasteiger partial charge in [0, 0.05) is 17.3 Å². The first-order valence-electron chi connectivity index (χ1n) is 9.56. The third kappa shape index (κ3) is 7.36. The van der Waals surface area contributed by atoms with Crippen LogP contribution in [0.2, 0.25) is 5.02 Å². The third-order valence-electron chi connectivity index (χ3n) is 4.37. The quantitative estimate of drug-likeness (QED) is 0.554. The van der Waals surface area contributed by atoms with E-state index in [1.54, 1.807) is 24.3 Å². The number of likely N-dealkylation sites (tertiary alicyclic amines) is 1. The number of halogens is 1. The summed E-state index contributed by atoms with van der Waals surface area (Å²) in [6.07, 6.45) is 3.48. The van der Waals surface area contributed by atoms with Gasteiger partial charge in [-0.2, -0.15) is 0 Å². The lowest BCUT2D eigenvalue weighted by Gasteiger charge is -2.14. The molecule has 1 aliphatic rings. The summed E-state index contributed by atoms with van der Waals surface area (Å²) in [5.74, 6) is -0.526. The molecule has 1 aromatic heterocycles. The van der Waals surface area contributed by atoms with Crippen LogP contribution in [-0.2, 0) is 16.1 Å².